The largest absolute Gasteiger partial charge is 0.339 e. The molecule has 80 valence electrons. The molecule has 0 aliphatic heterocycles. The SMILES string of the molecule is Cn1cnc(S(=O)(=O)Nc2ncn[nH]2)c1. The maximum atomic E-state index is 11.6. The van der Waals surface area contributed by atoms with E-state index in [-0.39, 0.29) is 11.0 Å². The molecule has 2 rings (SSSR count). The van der Waals surface area contributed by atoms with Crippen LogP contribution in [-0.4, -0.2) is 33.2 Å². The van der Waals surface area contributed by atoms with Gasteiger partial charge >= 0.3 is 0 Å². The van der Waals surface area contributed by atoms with Crippen molar-refractivity contribution in [3.63, 3.8) is 0 Å². The molecule has 9 heteroatoms. The van der Waals surface area contributed by atoms with E-state index >= 15 is 0 Å². The third kappa shape index (κ3) is 1.96. The van der Waals surface area contributed by atoms with Crippen LogP contribution in [0.1, 0.15) is 0 Å². The van der Waals surface area contributed by atoms with E-state index in [9.17, 15) is 8.42 Å². The second-order valence-electron chi connectivity index (χ2n) is 2.82. The topological polar surface area (TPSA) is 106 Å². The van der Waals surface area contributed by atoms with Gasteiger partial charge in [0.1, 0.15) is 6.33 Å². The van der Waals surface area contributed by atoms with Crippen molar-refractivity contribution in [1.29, 1.82) is 0 Å². The van der Waals surface area contributed by atoms with E-state index < -0.39 is 10.0 Å². The number of rotatable bonds is 3. The molecule has 15 heavy (non-hydrogen) atoms. The minimum Gasteiger partial charge on any atom is -0.339 e. The van der Waals surface area contributed by atoms with Crippen molar-refractivity contribution in [1.82, 2.24) is 24.7 Å². The maximum absolute atomic E-state index is 11.6. The van der Waals surface area contributed by atoms with Gasteiger partial charge in [0, 0.05) is 13.2 Å². The molecule has 2 heterocycles. The molecule has 0 aliphatic rings. The highest BCUT2D eigenvalue weighted by molar-refractivity contribution is 7.92. The van der Waals surface area contributed by atoms with Crippen molar-refractivity contribution in [2.45, 2.75) is 5.03 Å². The summed E-state index contributed by atoms with van der Waals surface area (Å²) in [4.78, 5) is 7.36. The fourth-order valence-corrected chi connectivity index (χ4v) is 1.91. The fourth-order valence-electron chi connectivity index (χ4n) is 0.962. The molecule has 0 spiro atoms. The molecule has 0 bridgehead atoms. The molecular weight excluding hydrogens is 220 g/mol. The fraction of sp³-hybridized carbons (Fsp3) is 0.167. The van der Waals surface area contributed by atoms with Gasteiger partial charge in [-0.15, -0.1) is 0 Å². The first-order valence-corrected chi connectivity index (χ1v) is 5.42. The highest BCUT2D eigenvalue weighted by atomic mass is 32.2. The minimum absolute atomic E-state index is 0.0562. The van der Waals surface area contributed by atoms with Crippen molar-refractivity contribution in [3.05, 3.63) is 18.9 Å². The van der Waals surface area contributed by atoms with Crippen LogP contribution < -0.4 is 4.72 Å². The number of aryl methyl sites for hydroxylation is 1. The Morgan fingerprint density at radius 3 is 2.80 bits per heavy atom. The van der Waals surface area contributed by atoms with Crippen molar-refractivity contribution in [2.75, 3.05) is 4.72 Å². The Bertz CT molecular complexity index is 542. The lowest BCUT2D eigenvalue weighted by Gasteiger charge is -2.00. The zero-order valence-electron chi connectivity index (χ0n) is 7.75. The van der Waals surface area contributed by atoms with Gasteiger partial charge in [-0.05, 0) is 0 Å². The number of nitrogens with zero attached hydrogens (tertiary/aromatic N) is 4. The predicted octanol–water partition coefficient (Wildman–Crippen LogP) is -0.661. The number of imidazole rings is 1. The van der Waals surface area contributed by atoms with E-state index in [1.807, 2.05) is 0 Å². The van der Waals surface area contributed by atoms with Crippen LogP contribution in [0.5, 0.6) is 0 Å². The molecule has 0 aliphatic carbocycles. The van der Waals surface area contributed by atoms with E-state index in [0.717, 1.165) is 0 Å². The smallest absolute Gasteiger partial charge is 0.283 e. The number of sulfonamides is 1. The van der Waals surface area contributed by atoms with Crippen LogP contribution in [-0.2, 0) is 17.1 Å². The first-order chi connectivity index (χ1) is 7.08. The average molecular weight is 228 g/mol. The normalized spacial score (nSPS) is 11.5. The lowest BCUT2D eigenvalue weighted by Crippen LogP contribution is -2.14. The van der Waals surface area contributed by atoms with Crippen LogP contribution in [0.4, 0.5) is 5.95 Å². The van der Waals surface area contributed by atoms with Crippen molar-refractivity contribution in [2.24, 2.45) is 7.05 Å². The Morgan fingerprint density at radius 2 is 2.27 bits per heavy atom. The second-order valence-corrected chi connectivity index (χ2v) is 4.45. The van der Waals surface area contributed by atoms with E-state index in [1.165, 1.54) is 23.4 Å². The third-order valence-electron chi connectivity index (χ3n) is 1.60. The Labute approximate surface area is 85.4 Å². The second kappa shape index (κ2) is 3.35. The zero-order valence-corrected chi connectivity index (χ0v) is 8.56. The molecule has 2 N–H and O–H groups in total. The summed E-state index contributed by atoms with van der Waals surface area (Å²) in [5.41, 5.74) is 0. The molecule has 0 radical (unpaired) electrons. The summed E-state index contributed by atoms with van der Waals surface area (Å²) in [5.74, 6) is 0.0562. The van der Waals surface area contributed by atoms with Gasteiger partial charge in [0.05, 0.1) is 6.33 Å². The maximum Gasteiger partial charge on any atom is 0.283 e. The van der Waals surface area contributed by atoms with Crippen LogP contribution in [0.3, 0.4) is 0 Å². The molecule has 0 saturated carbocycles. The van der Waals surface area contributed by atoms with Crippen LogP contribution in [0.2, 0.25) is 0 Å². The van der Waals surface area contributed by atoms with Gasteiger partial charge in [0.2, 0.25) is 5.95 Å². The van der Waals surface area contributed by atoms with Gasteiger partial charge in [-0.25, -0.2) is 14.8 Å². The van der Waals surface area contributed by atoms with Gasteiger partial charge in [-0.1, -0.05) is 0 Å². The number of anilines is 1. The van der Waals surface area contributed by atoms with E-state index in [0.29, 0.717) is 0 Å². The van der Waals surface area contributed by atoms with Gasteiger partial charge in [-0.3, -0.25) is 0 Å². The number of H-pyrrole nitrogens is 1. The predicted molar refractivity (Wildman–Crippen MR) is 50.4 cm³/mol. The number of aromatic nitrogens is 5. The Kier molecular flexibility index (Phi) is 2.15. The van der Waals surface area contributed by atoms with E-state index in [2.05, 4.69) is 24.9 Å². The van der Waals surface area contributed by atoms with Crippen LogP contribution >= 0.6 is 0 Å². The number of hydrogen-bond donors (Lipinski definition) is 2. The summed E-state index contributed by atoms with van der Waals surface area (Å²) in [6.07, 6.45) is 3.99. The summed E-state index contributed by atoms with van der Waals surface area (Å²) in [6.45, 7) is 0. The molecule has 0 unspecified atom stereocenters. The first kappa shape index (κ1) is 9.65. The highest BCUT2D eigenvalue weighted by Crippen LogP contribution is 2.08. The molecule has 8 nitrogen and oxygen atoms in total. The summed E-state index contributed by atoms with van der Waals surface area (Å²) < 4.78 is 27.0. The summed E-state index contributed by atoms with van der Waals surface area (Å²) >= 11 is 0. The summed E-state index contributed by atoms with van der Waals surface area (Å²) in [7, 11) is -2.00. The number of hydrogen-bond acceptors (Lipinski definition) is 5. The van der Waals surface area contributed by atoms with Gasteiger partial charge in [0.25, 0.3) is 10.0 Å². The standard InChI is InChI=1S/C6H8N6O2S/c1-12-2-5(8-4-12)15(13,14)11-6-7-3-9-10-6/h2-4H,1H3,(H2,7,9,10,11). The molecular formula is C6H8N6O2S. The number of aromatic amines is 1. The molecule has 0 aromatic carbocycles. The van der Waals surface area contributed by atoms with Crippen LogP contribution in [0.25, 0.3) is 0 Å². The van der Waals surface area contributed by atoms with E-state index in [4.69, 9.17) is 0 Å². The molecule has 0 saturated heterocycles. The Hall–Kier alpha value is -1.90. The van der Waals surface area contributed by atoms with Gasteiger partial charge in [0.15, 0.2) is 5.03 Å². The highest BCUT2D eigenvalue weighted by Gasteiger charge is 2.17. The molecule has 0 amide bonds. The average Bonchev–Trinajstić information content (AvgIpc) is 2.75. The van der Waals surface area contributed by atoms with Gasteiger partial charge < -0.3 is 4.57 Å². The summed E-state index contributed by atoms with van der Waals surface area (Å²) in [6, 6.07) is 0. The molecule has 0 atom stereocenters. The van der Waals surface area contributed by atoms with Crippen LogP contribution in [0.15, 0.2) is 23.9 Å². The number of nitrogens with one attached hydrogen (secondary N) is 2. The van der Waals surface area contributed by atoms with Crippen molar-refractivity contribution in [3.8, 4) is 0 Å². The Morgan fingerprint density at radius 1 is 1.47 bits per heavy atom. The quantitative estimate of drug-likeness (QED) is 0.725. The lowest BCUT2D eigenvalue weighted by atomic mass is 10.9. The van der Waals surface area contributed by atoms with E-state index in [1.54, 1.807) is 7.05 Å². The lowest BCUT2D eigenvalue weighted by molar-refractivity contribution is 0.597. The van der Waals surface area contributed by atoms with Crippen molar-refractivity contribution < 1.29 is 8.42 Å². The monoisotopic (exact) mass is 228 g/mol. The Balaban J connectivity index is 2.28. The van der Waals surface area contributed by atoms with Gasteiger partial charge in [-0.2, -0.15) is 18.5 Å². The third-order valence-corrected chi connectivity index (χ3v) is 2.83. The first-order valence-electron chi connectivity index (χ1n) is 3.94. The summed E-state index contributed by atoms with van der Waals surface area (Å²) in [5, 5.41) is 5.83. The molecule has 0 fully saturated rings. The molecule has 2 aromatic heterocycles. The molecule has 2 aromatic rings. The van der Waals surface area contributed by atoms with Crippen molar-refractivity contribution >= 4 is 16.0 Å². The van der Waals surface area contributed by atoms with Crippen LogP contribution in [0, 0.1) is 0 Å². The zero-order chi connectivity index (χ0) is 10.9. The minimum atomic E-state index is -3.68.